The molecule has 0 saturated carbocycles. The number of halogens is 1. The predicted molar refractivity (Wildman–Crippen MR) is 66.0 cm³/mol. The lowest BCUT2D eigenvalue weighted by Gasteiger charge is -2.09. The average Bonchev–Trinajstić information content (AvgIpc) is 2.34. The normalized spacial score (nSPS) is 10.8. The Balaban J connectivity index is 3.12. The summed E-state index contributed by atoms with van der Waals surface area (Å²) in [5.74, 6) is -1.97. The van der Waals surface area contributed by atoms with Crippen molar-refractivity contribution >= 4 is 31.6 Å². The van der Waals surface area contributed by atoms with Gasteiger partial charge in [-0.05, 0) is 18.2 Å². The van der Waals surface area contributed by atoms with Crippen molar-refractivity contribution in [2.24, 2.45) is 0 Å². The standard InChI is InChI=1S/C10H10ClNO6S/c1-12-9(13)5-18-8-3-2-6(19(11,16)17)4-7(8)10(14)15/h2-4H,5H2,1H3,(H,12,13)(H,14,15). The number of rotatable bonds is 5. The van der Waals surface area contributed by atoms with E-state index in [9.17, 15) is 18.0 Å². The highest BCUT2D eigenvalue weighted by Crippen LogP contribution is 2.24. The molecule has 1 rings (SSSR count). The lowest BCUT2D eigenvalue weighted by Crippen LogP contribution is -2.25. The monoisotopic (exact) mass is 307 g/mol. The highest BCUT2D eigenvalue weighted by atomic mass is 35.7. The number of likely N-dealkylation sites (N-methyl/N-ethyl adjacent to an activating group) is 1. The number of carboxylic acids is 1. The van der Waals surface area contributed by atoms with Crippen molar-refractivity contribution in [3.05, 3.63) is 23.8 Å². The van der Waals surface area contributed by atoms with Crippen LogP contribution in [0, 0.1) is 0 Å². The number of carbonyl (C=O) groups excluding carboxylic acids is 1. The molecule has 0 fully saturated rings. The Labute approximate surface area is 113 Å². The number of nitrogens with one attached hydrogen (secondary N) is 1. The second-order valence-electron chi connectivity index (χ2n) is 3.36. The summed E-state index contributed by atoms with van der Waals surface area (Å²) < 4.78 is 27.2. The molecule has 1 aromatic rings. The van der Waals surface area contributed by atoms with Gasteiger partial charge in [0.1, 0.15) is 11.3 Å². The minimum absolute atomic E-state index is 0.125. The summed E-state index contributed by atoms with van der Waals surface area (Å²) in [7, 11) is 2.47. The Bertz CT molecular complexity index is 612. The van der Waals surface area contributed by atoms with Crippen LogP contribution < -0.4 is 10.1 Å². The number of hydrogen-bond acceptors (Lipinski definition) is 5. The van der Waals surface area contributed by atoms with E-state index in [0.717, 1.165) is 18.2 Å². The fourth-order valence-corrected chi connectivity index (χ4v) is 1.95. The van der Waals surface area contributed by atoms with Crippen LogP contribution in [0.2, 0.25) is 0 Å². The van der Waals surface area contributed by atoms with Crippen LogP contribution in [0.5, 0.6) is 5.75 Å². The third-order valence-corrected chi connectivity index (χ3v) is 3.45. The summed E-state index contributed by atoms with van der Waals surface area (Å²) >= 11 is 0. The van der Waals surface area contributed by atoms with Crippen molar-refractivity contribution < 1.29 is 27.9 Å². The van der Waals surface area contributed by atoms with Gasteiger partial charge in [0, 0.05) is 17.7 Å². The largest absolute Gasteiger partial charge is 0.483 e. The number of carboxylic acid groups (broad SMARTS) is 1. The van der Waals surface area contributed by atoms with Crippen LogP contribution in [-0.4, -0.2) is 39.1 Å². The van der Waals surface area contributed by atoms with Crippen molar-refractivity contribution in [2.45, 2.75) is 4.90 Å². The molecule has 0 spiro atoms. The van der Waals surface area contributed by atoms with Crippen LogP contribution in [0.4, 0.5) is 0 Å². The van der Waals surface area contributed by atoms with E-state index in [-0.39, 0.29) is 17.3 Å². The molecule has 1 amide bonds. The number of benzene rings is 1. The van der Waals surface area contributed by atoms with Gasteiger partial charge in [-0.1, -0.05) is 0 Å². The van der Waals surface area contributed by atoms with E-state index in [2.05, 4.69) is 5.32 Å². The second kappa shape index (κ2) is 5.89. The van der Waals surface area contributed by atoms with Crippen LogP contribution in [0.15, 0.2) is 23.1 Å². The van der Waals surface area contributed by atoms with E-state index < -0.39 is 26.5 Å². The van der Waals surface area contributed by atoms with Crippen LogP contribution >= 0.6 is 10.7 Å². The number of ether oxygens (including phenoxy) is 1. The molecule has 0 bridgehead atoms. The van der Waals surface area contributed by atoms with E-state index in [1.54, 1.807) is 0 Å². The molecule has 0 aliphatic heterocycles. The first-order chi connectivity index (χ1) is 8.75. The maximum atomic E-state index is 11.1. The molecule has 1 aromatic carbocycles. The molecule has 0 radical (unpaired) electrons. The molecule has 0 aliphatic carbocycles. The quantitative estimate of drug-likeness (QED) is 0.764. The SMILES string of the molecule is CNC(=O)COc1ccc(S(=O)(=O)Cl)cc1C(=O)O. The molecule has 19 heavy (non-hydrogen) atoms. The topological polar surface area (TPSA) is 110 Å². The van der Waals surface area contributed by atoms with Crippen LogP contribution in [0.1, 0.15) is 10.4 Å². The first-order valence-electron chi connectivity index (χ1n) is 4.91. The maximum Gasteiger partial charge on any atom is 0.339 e. The summed E-state index contributed by atoms with van der Waals surface area (Å²) in [4.78, 5) is 21.6. The molecule has 0 unspecified atom stereocenters. The molecule has 7 nitrogen and oxygen atoms in total. The summed E-state index contributed by atoms with van der Waals surface area (Å²) in [5, 5.41) is 11.3. The summed E-state index contributed by atoms with van der Waals surface area (Å²) in [6.07, 6.45) is 0. The molecule has 0 aliphatic rings. The molecule has 2 N–H and O–H groups in total. The van der Waals surface area contributed by atoms with Crippen molar-refractivity contribution in [1.29, 1.82) is 0 Å². The lowest BCUT2D eigenvalue weighted by molar-refractivity contribution is -0.122. The van der Waals surface area contributed by atoms with Crippen molar-refractivity contribution in [3.63, 3.8) is 0 Å². The van der Waals surface area contributed by atoms with E-state index in [0.29, 0.717) is 0 Å². The van der Waals surface area contributed by atoms with E-state index in [1.165, 1.54) is 7.05 Å². The summed E-state index contributed by atoms with van der Waals surface area (Å²) in [6, 6.07) is 3.08. The maximum absolute atomic E-state index is 11.1. The van der Waals surface area contributed by atoms with Crippen molar-refractivity contribution in [1.82, 2.24) is 5.32 Å². The second-order valence-corrected chi connectivity index (χ2v) is 5.93. The Morgan fingerprint density at radius 1 is 1.42 bits per heavy atom. The number of aromatic carboxylic acids is 1. The predicted octanol–water partition coefficient (Wildman–Crippen LogP) is 0.437. The highest BCUT2D eigenvalue weighted by molar-refractivity contribution is 8.13. The smallest absolute Gasteiger partial charge is 0.339 e. The van der Waals surface area contributed by atoms with Gasteiger partial charge in [-0.3, -0.25) is 4.79 Å². The highest BCUT2D eigenvalue weighted by Gasteiger charge is 2.18. The molecule has 0 aromatic heterocycles. The zero-order chi connectivity index (χ0) is 14.6. The van der Waals surface area contributed by atoms with Gasteiger partial charge in [0.05, 0.1) is 4.90 Å². The summed E-state index contributed by atoms with van der Waals surface area (Å²) in [6.45, 7) is -0.385. The average molecular weight is 308 g/mol. The van der Waals surface area contributed by atoms with Gasteiger partial charge in [-0.15, -0.1) is 0 Å². The Morgan fingerprint density at radius 2 is 2.05 bits per heavy atom. The Hall–Kier alpha value is -1.80. The molecule has 104 valence electrons. The lowest BCUT2D eigenvalue weighted by atomic mass is 10.2. The number of carbonyl (C=O) groups is 2. The third kappa shape index (κ3) is 4.11. The Kier molecular flexibility index (Phi) is 4.73. The van der Waals surface area contributed by atoms with Crippen LogP contribution in [0.25, 0.3) is 0 Å². The third-order valence-electron chi connectivity index (χ3n) is 2.10. The van der Waals surface area contributed by atoms with E-state index in [1.807, 2.05) is 0 Å². The zero-order valence-corrected chi connectivity index (χ0v) is 11.3. The first kappa shape index (κ1) is 15.3. The minimum atomic E-state index is -4.04. The summed E-state index contributed by atoms with van der Waals surface area (Å²) in [5.41, 5.74) is -0.398. The first-order valence-corrected chi connectivity index (χ1v) is 7.22. The van der Waals surface area contributed by atoms with Gasteiger partial charge in [0.2, 0.25) is 0 Å². The van der Waals surface area contributed by atoms with Gasteiger partial charge in [0.15, 0.2) is 6.61 Å². The van der Waals surface area contributed by atoms with E-state index >= 15 is 0 Å². The molecular formula is C10H10ClNO6S. The fraction of sp³-hybridized carbons (Fsp3) is 0.200. The van der Waals surface area contributed by atoms with Crippen LogP contribution in [-0.2, 0) is 13.8 Å². The van der Waals surface area contributed by atoms with Crippen LogP contribution in [0.3, 0.4) is 0 Å². The minimum Gasteiger partial charge on any atom is -0.483 e. The van der Waals surface area contributed by atoms with E-state index in [4.69, 9.17) is 20.5 Å². The van der Waals surface area contributed by atoms with Gasteiger partial charge in [-0.2, -0.15) is 0 Å². The van der Waals surface area contributed by atoms with Gasteiger partial charge < -0.3 is 15.2 Å². The fourth-order valence-electron chi connectivity index (χ4n) is 1.17. The molecule has 0 saturated heterocycles. The van der Waals surface area contributed by atoms with Gasteiger partial charge >= 0.3 is 5.97 Å². The zero-order valence-electron chi connectivity index (χ0n) is 9.71. The number of amides is 1. The van der Waals surface area contributed by atoms with Gasteiger partial charge in [0.25, 0.3) is 15.0 Å². The molecule has 0 atom stereocenters. The van der Waals surface area contributed by atoms with Crippen molar-refractivity contribution in [2.75, 3.05) is 13.7 Å². The Morgan fingerprint density at radius 3 is 2.53 bits per heavy atom. The molecule has 0 heterocycles. The van der Waals surface area contributed by atoms with Gasteiger partial charge in [-0.25, -0.2) is 13.2 Å². The molecular weight excluding hydrogens is 298 g/mol. The number of hydrogen-bond donors (Lipinski definition) is 2. The van der Waals surface area contributed by atoms with Crippen molar-refractivity contribution in [3.8, 4) is 5.75 Å². The molecule has 9 heteroatoms.